The molecule has 12 heteroatoms. The zero-order valence-electron chi connectivity index (χ0n) is 12.4. The van der Waals surface area contributed by atoms with Crippen LogP contribution < -0.4 is 21.5 Å². The minimum absolute atomic E-state index is 0.0600. The highest BCUT2D eigenvalue weighted by atomic mass is 19.3. The molecule has 1 amide bonds. The van der Waals surface area contributed by atoms with Crippen molar-refractivity contribution in [1.82, 2.24) is 9.97 Å². The lowest BCUT2D eigenvalue weighted by Crippen LogP contribution is -2.33. The third kappa shape index (κ3) is 7.07. The molecule has 0 aliphatic carbocycles. The number of halogens is 4. The Morgan fingerprint density at radius 1 is 1.42 bits per heavy atom. The largest absolute Gasteiger partial charge is 0.463 e. The van der Waals surface area contributed by atoms with Crippen molar-refractivity contribution in [2.75, 3.05) is 18.5 Å². The van der Waals surface area contributed by atoms with Crippen LogP contribution in [0.25, 0.3) is 0 Å². The number of nitrogens with two attached hydrogens (primary N) is 2. The van der Waals surface area contributed by atoms with E-state index in [-0.39, 0.29) is 24.9 Å². The van der Waals surface area contributed by atoms with Crippen LogP contribution in [0.1, 0.15) is 12.8 Å². The Balaban J connectivity index is 2.55. The Hall–Kier alpha value is -2.66. The average Bonchev–Trinajstić information content (AvgIpc) is 2.50. The van der Waals surface area contributed by atoms with Crippen molar-refractivity contribution in [3.63, 3.8) is 0 Å². The van der Waals surface area contributed by atoms with E-state index in [9.17, 15) is 22.4 Å². The van der Waals surface area contributed by atoms with E-state index in [0.717, 1.165) is 0 Å². The molecule has 0 aliphatic heterocycles. The Morgan fingerprint density at radius 2 is 2.12 bits per heavy atom. The highest BCUT2D eigenvalue weighted by Gasteiger charge is 2.40. The molecule has 1 aromatic rings. The normalized spacial score (nSPS) is 12.3. The molecule has 0 bridgehead atoms. The lowest BCUT2D eigenvalue weighted by atomic mass is 10.3. The lowest BCUT2D eigenvalue weighted by molar-refractivity contribution is -0.119. The molecular formula is C12H16F4N6O2. The molecule has 1 heterocycles. The van der Waals surface area contributed by atoms with Gasteiger partial charge in [0, 0.05) is 12.6 Å². The van der Waals surface area contributed by atoms with Crippen molar-refractivity contribution >= 4 is 17.7 Å². The Labute approximate surface area is 134 Å². The van der Waals surface area contributed by atoms with E-state index in [1.54, 1.807) is 0 Å². The summed E-state index contributed by atoms with van der Waals surface area (Å²) in [5, 5.41) is 2.35. The fraction of sp³-hybridized carbons (Fsp3) is 0.500. The van der Waals surface area contributed by atoms with Crippen LogP contribution in [0.4, 0.5) is 23.4 Å². The van der Waals surface area contributed by atoms with Gasteiger partial charge in [-0.25, -0.2) is 18.8 Å². The Morgan fingerprint density at radius 3 is 2.75 bits per heavy atom. The zero-order chi connectivity index (χ0) is 18.2. The van der Waals surface area contributed by atoms with E-state index < -0.39 is 30.8 Å². The van der Waals surface area contributed by atoms with Crippen molar-refractivity contribution in [2.45, 2.75) is 25.2 Å². The maximum Gasteiger partial charge on any atom is 0.326 e. The summed E-state index contributed by atoms with van der Waals surface area (Å²) in [6.07, 6.45) is -2.05. The molecule has 1 aromatic heterocycles. The predicted octanol–water partition coefficient (Wildman–Crippen LogP) is 0.748. The number of hydrogen-bond donors (Lipinski definition) is 3. The highest BCUT2D eigenvalue weighted by molar-refractivity contribution is 5.91. The molecule has 0 radical (unpaired) electrons. The minimum Gasteiger partial charge on any atom is -0.463 e. The van der Waals surface area contributed by atoms with Gasteiger partial charge in [-0.3, -0.25) is 4.79 Å². The van der Waals surface area contributed by atoms with Crippen molar-refractivity contribution in [3.05, 3.63) is 12.3 Å². The topological polar surface area (TPSA) is 129 Å². The number of aliphatic imine (C=N–C) groups is 1. The van der Waals surface area contributed by atoms with E-state index in [1.807, 2.05) is 0 Å². The van der Waals surface area contributed by atoms with Gasteiger partial charge >= 0.3 is 18.4 Å². The predicted molar refractivity (Wildman–Crippen MR) is 77.0 cm³/mol. The number of alkyl halides is 4. The molecule has 134 valence electrons. The van der Waals surface area contributed by atoms with E-state index in [4.69, 9.17) is 16.2 Å². The monoisotopic (exact) mass is 352 g/mol. The van der Waals surface area contributed by atoms with Crippen LogP contribution in [0.5, 0.6) is 6.01 Å². The number of guanidine groups is 1. The smallest absolute Gasteiger partial charge is 0.326 e. The van der Waals surface area contributed by atoms with Gasteiger partial charge < -0.3 is 21.5 Å². The number of amides is 1. The van der Waals surface area contributed by atoms with E-state index in [2.05, 4.69) is 20.3 Å². The van der Waals surface area contributed by atoms with Gasteiger partial charge in [-0.1, -0.05) is 0 Å². The van der Waals surface area contributed by atoms with Crippen LogP contribution in [0.2, 0.25) is 0 Å². The molecule has 0 atom stereocenters. The van der Waals surface area contributed by atoms with Crippen LogP contribution in [0, 0.1) is 0 Å². The lowest BCUT2D eigenvalue weighted by Gasteiger charge is -2.13. The molecule has 0 unspecified atom stereocenters. The zero-order valence-corrected chi connectivity index (χ0v) is 12.4. The summed E-state index contributed by atoms with van der Waals surface area (Å²) in [5.74, 6) is -5.20. The first-order valence-electron chi connectivity index (χ1n) is 6.68. The first kappa shape index (κ1) is 19.4. The number of primary amides is 1. The Kier molecular flexibility index (Phi) is 7.14. The molecule has 1 rings (SSSR count). The molecule has 0 saturated carbocycles. The number of ether oxygens (including phenoxy) is 1. The molecule has 8 nitrogen and oxygen atoms in total. The summed E-state index contributed by atoms with van der Waals surface area (Å²) < 4.78 is 54.6. The van der Waals surface area contributed by atoms with Crippen molar-refractivity contribution in [1.29, 1.82) is 0 Å². The number of hydrogen-bond acceptors (Lipinski definition) is 5. The number of nitrogens with zero attached hydrogens (tertiary/aromatic N) is 3. The van der Waals surface area contributed by atoms with E-state index in [1.165, 1.54) is 12.3 Å². The van der Waals surface area contributed by atoms with Gasteiger partial charge in [0.05, 0.1) is 6.61 Å². The van der Waals surface area contributed by atoms with Crippen LogP contribution in [0.3, 0.4) is 0 Å². The van der Waals surface area contributed by atoms with E-state index >= 15 is 0 Å². The SMILES string of the molecule is NC(=O)CCCOc1nccc(NC(N)=NCC(F)(F)C(F)F)n1. The van der Waals surface area contributed by atoms with Crippen molar-refractivity contribution < 1.29 is 27.1 Å². The Bertz CT molecular complexity index is 584. The summed E-state index contributed by atoms with van der Waals surface area (Å²) in [4.78, 5) is 21.3. The van der Waals surface area contributed by atoms with Gasteiger partial charge in [0.1, 0.15) is 12.4 Å². The van der Waals surface area contributed by atoms with Crippen LogP contribution >= 0.6 is 0 Å². The highest BCUT2D eigenvalue weighted by Crippen LogP contribution is 2.22. The number of carbonyl (C=O) groups is 1. The molecule has 0 fully saturated rings. The number of carbonyl (C=O) groups excluding carboxylic acids is 1. The molecule has 0 saturated heterocycles. The first-order valence-corrected chi connectivity index (χ1v) is 6.68. The molecule has 0 spiro atoms. The molecule has 0 aliphatic rings. The number of nitrogens with one attached hydrogen (secondary N) is 1. The van der Waals surface area contributed by atoms with E-state index in [0.29, 0.717) is 6.42 Å². The second-order valence-corrected chi connectivity index (χ2v) is 4.53. The molecule has 0 aromatic carbocycles. The first-order chi connectivity index (χ1) is 11.2. The summed E-state index contributed by atoms with van der Waals surface area (Å²) in [5.41, 5.74) is 10.3. The fourth-order valence-electron chi connectivity index (χ4n) is 1.32. The van der Waals surface area contributed by atoms with Gasteiger partial charge in [-0.2, -0.15) is 13.8 Å². The maximum atomic E-state index is 12.7. The van der Waals surface area contributed by atoms with Crippen molar-refractivity contribution in [3.8, 4) is 6.01 Å². The third-order valence-corrected chi connectivity index (χ3v) is 2.47. The summed E-state index contributed by atoms with van der Waals surface area (Å²) in [7, 11) is 0. The molecule has 5 N–H and O–H groups in total. The van der Waals surface area contributed by atoms with Gasteiger partial charge in [-0.05, 0) is 12.5 Å². The number of aromatic nitrogens is 2. The van der Waals surface area contributed by atoms with Crippen LogP contribution in [0.15, 0.2) is 17.3 Å². The van der Waals surface area contributed by atoms with Gasteiger partial charge in [-0.15, -0.1) is 0 Å². The van der Waals surface area contributed by atoms with Crippen LogP contribution in [-0.2, 0) is 4.79 Å². The molecule has 24 heavy (non-hydrogen) atoms. The second-order valence-electron chi connectivity index (χ2n) is 4.53. The summed E-state index contributed by atoms with van der Waals surface area (Å²) in [6, 6.07) is 1.28. The van der Waals surface area contributed by atoms with Gasteiger partial charge in [0.25, 0.3) is 0 Å². The fourth-order valence-corrected chi connectivity index (χ4v) is 1.32. The number of rotatable bonds is 9. The second kappa shape index (κ2) is 8.84. The minimum atomic E-state index is -4.27. The standard InChI is InChI=1S/C12H16F4N6O2/c13-9(14)12(15,16)6-20-10(18)21-8-3-4-19-11(22-8)24-5-1-2-7(17)23/h3-4,9H,1-2,5-6H2,(H2,17,23)(H3,18,19,20,21,22). The maximum absolute atomic E-state index is 12.7. The third-order valence-electron chi connectivity index (χ3n) is 2.47. The van der Waals surface area contributed by atoms with Gasteiger partial charge in [0.15, 0.2) is 5.96 Å². The van der Waals surface area contributed by atoms with Crippen molar-refractivity contribution in [2.24, 2.45) is 16.5 Å². The molecular weight excluding hydrogens is 336 g/mol. The van der Waals surface area contributed by atoms with Gasteiger partial charge in [0.2, 0.25) is 5.91 Å². The number of anilines is 1. The summed E-state index contributed by atoms with van der Waals surface area (Å²) >= 11 is 0. The van der Waals surface area contributed by atoms with Crippen LogP contribution in [-0.4, -0.2) is 47.3 Å². The quantitative estimate of drug-likeness (QED) is 0.260. The average molecular weight is 352 g/mol. The summed E-state index contributed by atoms with van der Waals surface area (Å²) in [6.45, 7) is -1.33.